The van der Waals surface area contributed by atoms with E-state index in [9.17, 15) is 14.0 Å². The summed E-state index contributed by atoms with van der Waals surface area (Å²) in [7, 11) is 1.89. The molecule has 1 saturated carbocycles. The van der Waals surface area contributed by atoms with Crippen molar-refractivity contribution in [2.45, 2.75) is 32.2 Å². The maximum absolute atomic E-state index is 15.3. The normalized spacial score (nSPS) is 13.7. The lowest BCUT2D eigenvalue weighted by molar-refractivity contribution is -0.133. The zero-order chi connectivity index (χ0) is 29.3. The Morgan fingerprint density at radius 1 is 0.881 bits per heavy atom. The number of Topliss-reactive ketones (excluding diaryl/α,β-unsaturated/α-hetero) is 2. The lowest BCUT2D eigenvalue weighted by Crippen LogP contribution is -2.28. The van der Waals surface area contributed by atoms with Crippen molar-refractivity contribution < 1.29 is 23.1 Å². The fourth-order valence-electron chi connectivity index (χ4n) is 5.39. The van der Waals surface area contributed by atoms with Crippen molar-refractivity contribution in [2.75, 3.05) is 7.05 Å². The van der Waals surface area contributed by atoms with Gasteiger partial charge in [0.2, 0.25) is 0 Å². The molecule has 1 fully saturated rings. The number of carbonyl (C=O) groups excluding carboxylic acids is 2. The summed E-state index contributed by atoms with van der Waals surface area (Å²) in [6.45, 7) is 0.727. The number of hydrogen-bond acceptors (Lipinski definition) is 5. The number of ketones is 2. The Hall–Kier alpha value is -4.69. The second-order valence-corrected chi connectivity index (χ2v) is 10.7. The van der Waals surface area contributed by atoms with Gasteiger partial charge in [-0.2, -0.15) is 5.10 Å². The van der Waals surface area contributed by atoms with Crippen LogP contribution in [-0.4, -0.2) is 28.2 Å². The quantitative estimate of drug-likeness (QED) is 0.185. The molecule has 1 aliphatic carbocycles. The Morgan fingerprint density at radius 3 is 2.33 bits per heavy atom. The molecule has 0 amide bonds. The van der Waals surface area contributed by atoms with Gasteiger partial charge in [0.1, 0.15) is 11.3 Å². The number of rotatable bonds is 11. The van der Waals surface area contributed by atoms with Gasteiger partial charge >= 0.3 is 0 Å². The molecule has 6 nitrogen and oxygen atoms in total. The van der Waals surface area contributed by atoms with E-state index < -0.39 is 11.2 Å². The highest BCUT2D eigenvalue weighted by Crippen LogP contribution is 2.49. The summed E-state index contributed by atoms with van der Waals surface area (Å²) in [6.07, 6.45) is 4.38. The number of fused-ring (bicyclic) bond motifs is 1. The SMILES string of the molecule is CNCc1cccc(-c2ccn3nccc(Oc4ccc(CC(=O)C5(C(=O)Cc6ccc(F)cc6)CC5)cc4F)c23)c1. The first-order chi connectivity index (χ1) is 20.4. The summed E-state index contributed by atoms with van der Waals surface area (Å²) in [5, 5.41) is 7.54. The molecule has 0 aliphatic heterocycles. The lowest BCUT2D eigenvalue weighted by Gasteiger charge is -2.14. The van der Waals surface area contributed by atoms with Gasteiger partial charge in [0.25, 0.3) is 0 Å². The summed E-state index contributed by atoms with van der Waals surface area (Å²) in [6, 6.07) is 21.9. The van der Waals surface area contributed by atoms with Crippen LogP contribution in [0.1, 0.15) is 29.5 Å². The van der Waals surface area contributed by atoms with E-state index in [4.69, 9.17) is 4.74 Å². The molecule has 1 N–H and O–H groups in total. The van der Waals surface area contributed by atoms with Crippen molar-refractivity contribution in [3.05, 3.63) is 120 Å². The molecule has 0 spiro atoms. The second kappa shape index (κ2) is 11.3. The minimum absolute atomic E-state index is 0.0175. The van der Waals surface area contributed by atoms with Crippen molar-refractivity contribution >= 4 is 17.1 Å². The molecule has 8 heteroatoms. The van der Waals surface area contributed by atoms with Crippen LogP contribution in [0.3, 0.4) is 0 Å². The molecule has 2 heterocycles. The standard InChI is InChI=1S/C34H29F2N3O3/c1-37-21-24-3-2-4-25(17-24)27-12-16-39-33(27)30(11-15-38-39)42-29-10-7-23(18-28(29)36)20-32(41)34(13-14-34)31(40)19-22-5-8-26(35)9-6-22/h2-12,15-18,37H,13-14,19-21H2,1H3. The number of benzene rings is 3. The summed E-state index contributed by atoms with van der Waals surface area (Å²) >= 11 is 0. The molecule has 0 unspecified atom stereocenters. The molecule has 0 bridgehead atoms. The zero-order valence-electron chi connectivity index (χ0n) is 23.1. The predicted octanol–water partition coefficient (Wildman–Crippen LogP) is 6.49. The molecule has 212 valence electrons. The monoisotopic (exact) mass is 565 g/mol. The maximum atomic E-state index is 15.3. The van der Waals surface area contributed by atoms with E-state index in [1.54, 1.807) is 35.0 Å². The van der Waals surface area contributed by atoms with Gasteiger partial charge in [0.15, 0.2) is 28.9 Å². The number of ether oxygens (including phenoxy) is 1. The van der Waals surface area contributed by atoms with E-state index in [0.717, 1.165) is 23.2 Å². The third kappa shape index (κ3) is 5.45. The Balaban J connectivity index is 1.19. The van der Waals surface area contributed by atoms with Crippen molar-refractivity contribution in [1.29, 1.82) is 0 Å². The van der Waals surface area contributed by atoms with Crippen LogP contribution < -0.4 is 10.1 Å². The van der Waals surface area contributed by atoms with Crippen LogP contribution in [0.15, 0.2) is 91.3 Å². The van der Waals surface area contributed by atoms with Gasteiger partial charge in [-0.3, -0.25) is 9.59 Å². The number of nitrogens with zero attached hydrogens (tertiary/aromatic N) is 2. The fourth-order valence-corrected chi connectivity index (χ4v) is 5.39. The highest BCUT2D eigenvalue weighted by Gasteiger charge is 2.54. The van der Waals surface area contributed by atoms with Gasteiger partial charge in [-0.1, -0.05) is 36.4 Å². The Kier molecular flexibility index (Phi) is 7.39. The van der Waals surface area contributed by atoms with Gasteiger partial charge in [0, 0.05) is 37.2 Å². The van der Waals surface area contributed by atoms with Crippen LogP contribution in [0.4, 0.5) is 8.78 Å². The van der Waals surface area contributed by atoms with Crippen LogP contribution >= 0.6 is 0 Å². The van der Waals surface area contributed by atoms with Gasteiger partial charge < -0.3 is 10.1 Å². The molecular formula is C34H29F2N3O3. The van der Waals surface area contributed by atoms with Gasteiger partial charge in [-0.15, -0.1) is 0 Å². The van der Waals surface area contributed by atoms with E-state index in [2.05, 4.69) is 16.5 Å². The Bertz CT molecular complexity index is 1790. The topological polar surface area (TPSA) is 72.7 Å². The van der Waals surface area contributed by atoms with Gasteiger partial charge in [0.05, 0.1) is 11.6 Å². The predicted molar refractivity (Wildman–Crippen MR) is 155 cm³/mol. The molecule has 6 rings (SSSR count). The molecular weight excluding hydrogens is 536 g/mol. The van der Waals surface area contributed by atoms with Crippen LogP contribution in [-0.2, 0) is 29.0 Å². The largest absolute Gasteiger partial charge is 0.452 e. The number of aromatic nitrogens is 2. The molecule has 3 aromatic carbocycles. The van der Waals surface area contributed by atoms with Crippen molar-refractivity contribution in [3.63, 3.8) is 0 Å². The average Bonchev–Trinajstić information content (AvgIpc) is 3.69. The second-order valence-electron chi connectivity index (χ2n) is 10.7. The minimum atomic E-state index is -1.04. The van der Waals surface area contributed by atoms with Crippen molar-refractivity contribution in [2.24, 2.45) is 5.41 Å². The van der Waals surface area contributed by atoms with E-state index >= 15 is 4.39 Å². The maximum Gasteiger partial charge on any atom is 0.166 e. The van der Waals surface area contributed by atoms with Gasteiger partial charge in [-0.05, 0) is 78.5 Å². The molecule has 2 aromatic heterocycles. The van der Waals surface area contributed by atoms with Crippen LogP contribution in [0.2, 0.25) is 0 Å². The fraction of sp³-hybridized carbons (Fsp3) is 0.206. The molecule has 5 aromatic rings. The number of halogens is 2. The molecule has 1 aliphatic rings. The Labute approximate surface area is 242 Å². The molecule has 0 atom stereocenters. The van der Waals surface area contributed by atoms with E-state index in [-0.39, 0.29) is 36.0 Å². The van der Waals surface area contributed by atoms with Crippen molar-refractivity contribution in [1.82, 2.24) is 14.9 Å². The van der Waals surface area contributed by atoms with Gasteiger partial charge in [-0.25, -0.2) is 13.3 Å². The summed E-state index contributed by atoms with van der Waals surface area (Å²) in [5.74, 6) is -0.937. The van der Waals surface area contributed by atoms with E-state index in [1.807, 2.05) is 37.5 Å². The Morgan fingerprint density at radius 2 is 1.62 bits per heavy atom. The van der Waals surface area contributed by atoms with Crippen LogP contribution in [0.5, 0.6) is 11.5 Å². The number of nitrogens with one attached hydrogen (secondary N) is 1. The smallest absolute Gasteiger partial charge is 0.166 e. The summed E-state index contributed by atoms with van der Waals surface area (Å²) in [4.78, 5) is 26.2. The van der Waals surface area contributed by atoms with Crippen LogP contribution in [0, 0.1) is 17.0 Å². The third-order valence-corrected chi connectivity index (χ3v) is 7.81. The summed E-state index contributed by atoms with van der Waals surface area (Å²) < 4.78 is 36.3. The van der Waals surface area contributed by atoms with Crippen molar-refractivity contribution in [3.8, 4) is 22.6 Å². The third-order valence-electron chi connectivity index (χ3n) is 7.81. The van der Waals surface area contributed by atoms with E-state index in [0.29, 0.717) is 35.2 Å². The highest BCUT2D eigenvalue weighted by atomic mass is 19.1. The zero-order valence-corrected chi connectivity index (χ0v) is 23.1. The first-order valence-corrected chi connectivity index (χ1v) is 13.8. The first-order valence-electron chi connectivity index (χ1n) is 13.8. The highest BCUT2D eigenvalue weighted by molar-refractivity contribution is 6.10. The molecule has 42 heavy (non-hydrogen) atoms. The van der Waals surface area contributed by atoms with E-state index in [1.165, 1.54) is 24.3 Å². The number of hydrogen-bond donors (Lipinski definition) is 1. The minimum Gasteiger partial charge on any atom is -0.452 e. The average molecular weight is 566 g/mol. The van der Waals surface area contributed by atoms with Crippen LogP contribution in [0.25, 0.3) is 16.6 Å². The summed E-state index contributed by atoms with van der Waals surface area (Å²) in [5.41, 5.74) is 3.80. The first kappa shape index (κ1) is 27.5. The molecule has 0 saturated heterocycles. The lowest BCUT2D eigenvalue weighted by atomic mass is 9.88. The number of carbonyl (C=O) groups is 2. The molecule has 0 radical (unpaired) electrons.